The van der Waals surface area contributed by atoms with E-state index in [1.807, 2.05) is 12.1 Å². The molecule has 0 aliphatic heterocycles. The SMILES string of the molecule is C=C1C(=O)C(NCC[C@H](NC(=O)c2ccc(Nc3nc(NC4(c5ccc(Cl)cc5)CC4)nc(OCC(F)(F)F)n3)cc2)C(=O)NCc2ccc(F)cc2F)=C1NCc1ccc(F)cc1C. The minimum atomic E-state index is -4.67. The lowest BCUT2D eigenvalue weighted by molar-refractivity contribution is -0.154. The van der Waals surface area contributed by atoms with E-state index >= 15 is 0 Å². The van der Waals surface area contributed by atoms with E-state index in [0.29, 0.717) is 40.9 Å². The van der Waals surface area contributed by atoms with Gasteiger partial charge in [-0.05, 0) is 97.5 Å². The molecule has 6 N–H and O–H groups in total. The second kappa shape index (κ2) is 19.3. The molecule has 5 aromatic rings. The van der Waals surface area contributed by atoms with Crippen molar-refractivity contribution in [1.82, 2.24) is 36.2 Å². The molecular weight excluding hydrogens is 880 g/mol. The average Bonchev–Trinajstić information content (AvgIpc) is 4.05. The van der Waals surface area contributed by atoms with Crippen LogP contribution in [0.25, 0.3) is 0 Å². The number of ether oxygens (including phenoxy) is 1. The largest absolute Gasteiger partial charge is 0.454 e. The summed E-state index contributed by atoms with van der Waals surface area (Å²) in [5.41, 5.74) is 3.03. The molecule has 2 aliphatic carbocycles. The first-order chi connectivity index (χ1) is 30.9. The van der Waals surface area contributed by atoms with Gasteiger partial charge in [0.2, 0.25) is 23.6 Å². The highest BCUT2D eigenvalue weighted by Crippen LogP contribution is 2.48. The van der Waals surface area contributed by atoms with Crippen LogP contribution < -0.4 is 36.6 Å². The van der Waals surface area contributed by atoms with Gasteiger partial charge in [0.05, 0.1) is 11.2 Å². The minimum Gasteiger partial charge on any atom is -0.454 e. The molecule has 1 fully saturated rings. The first-order valence-corrected chi connectivity index (χ1v) is 20.4. The maximum atomic E-state index is 14.4. The van der Waals surface area contributed by atoms with Crippen molar-refractivity contribution in [2.75, 3.05) is 23.8 Å². The Labute approximate surface area is 373 Å². The van der Waals surface area contributed by atoms with Crippen LogP contribution in [-0.4, -0.2) is 57.9 Å². The van der Waals surface area contributed by atoms with Crippen LogP contribution in [0.2, 0.25) is 5.02 Å². The molecule has 338 valence electrons. The number of anilines is 3. The standard InChI is InChI=1S/C45H40ClF6N9O4/c1-24-19-31(47)11-3-27(24)21-54-36-25(2)38(62)37(36)53-18-15-35(40(64)55-22-28-4-12-32(48)20-34(28)49)57-39(63)26-5-13-33(14-6-26)56-41-58-42(60-43(59-41)65-23-45(50,51)52)61-44(16-17-44)29-7-9-30(46)10-8-29/h3-14,19-20,35,53-54H,2,15-18,21-23H2,1H3,(H,55,64)(H,57,63)(H2,56,58,59,60,61)/t35-/m0/s1. The van der Waals surface area contributed by atoms with Crippen molar-refractivity contribution < 1.29 is 45.5 Å². The number of alkyl halides is 3. The van der Waals surface area contributed by atoms with Gasteiger partial charge < -0.3 is 36.6 Å². The van der Waals surface area contributed by atoms with Crippen molar-refractivity contribution in [1.29, 1.82) is 0 Å². The minimum absolute atomic E-state index is 0.000483. The summed E-state index contributed by atoms with van der Waals surface area (Å²) < 4.78 is 85.7. The Morgan fingerprint density at radius 1 is 0.846 bits per heavy atom. The summed E-state index contributed by atoms with van der Waals surface area (Å²) in [7, 11) is 0. The Balaban J connectivity index is 1.03. The zero-order valence-electron chi connectivity index (χ0n) is 34.4. The van der Waals surface area contributed by atoms with E-state index in [-0.39, 0.29) is 71.9 Å². The van der Waals surface area contributed by atoms with Crippen LogP contribution in [0.3, 0.4) is 0 Å². The van der Waals surface area contributed by atoms with Gasteiger partial charge in [-0.2, -0.15) is 28.1 Å². The first-order valence-electron chi connectivity index (χ1n) is 20.1. The molecule has 1 heterocycles. The molecular formula is C45H40ClF6N9O4. The number of allylic oxidation sites excluding steroid dienone is 2. The predicted molar refractivity (Wildman–Crippen MR) is 228 cm³/mol. The highest BCUT2D eigenvalue weighted by Gasteiger charge is 2.45. The van der Waals surface area contributed by atoms with Gasteiger partial charge >= 0.3 is 12.2 Å². The molecule has 7 rings (SSSR count). The number of nitrogens with one attached hydrogen (secondary N) is 6. The molecule has 0 unspecified atom stereocenters. The van der Waals surface area contributed by atoms with Gasteiger partial charge in [-0.25, -0.2) is 13.2 Å². The molecule has 0 saturated heterocycles. The second-order valence-corrected chi connectivity index (χ2v) is 15.7. The number of carbonyl (C=O) groups is 3. The third-order valence-corrected chi connectivity index (χ3v) is 10.8. The topological polar surface area (TPSA) is 171 Å². The van der Waals surface area contributed by atoms with Gasteiger partial charge in [-0.1, -0.05) is 42.4 Å². The predicted octanol–water partition coefficient (Wildman–Crippen LogP) is 7.57. The Hall–Kier alpha value is -7.15. The summed E-state index contributed by atoms with van der Waals surface area (Å²) in [4.78, 5) is 52.3. The molecule has 0 radical (unpaired) electrons. The number of carbonyl (C=O) groups excluding carboxylic acids is 3. The smallest absolute Gasteiger partial charge is 0.422 e. The molecule has 1 saturated carbocycles. The second-order valence-electron chi connectivity index (χ2n) is 15.3. The van der Waals surface area contributed by atoms with E-state index in [0.717, 1.165) is 17.2 Å². The molecule has 20 heteroatoms. The van der Waals surface area contributed by atoms with Crippen LogP contribution in [0.4, 0.5) is 43.9 Å². The van der Waals surface area contributed by atoms with Crippen molar-refractivity contribution in [3.8, 4) is 6.01 Å². The number of rotatable bonds is 19. The van der Waals surface area contributed by atoms with E-state index in [1.54, 1.807) is 25.1 Å². The van der Waals surface area contributed by atoms with Crippen LogP contribution >= 0.6 is 11.6 Å². The van der Waals surface area contributed by atoms with Crippen molar-refractivity contribution >= 4 is 46.8 Å². The van der Waals surface area contributed by atoms with Crippen LogP contribution in [0.5, 0.6) is 6.01 Å². The fraction of sp³-hybridized carbons (Fsp3) is 0.244. The normalized spacial score (nSPS) is 14.5. The quantitative estimate of drug-likeness (QED) is 0.0357. The molecule has 2 amide bonds. The van der Waals surface area contributed by atoms with Gasteiger partial charge in [0.25, 0.3) is 5.91 Å². The van der Waals surface area contributed by atoms with Crippen molar-refractivity contribution in [2.45, 2.75) is 57.0 Å². The van der Waals surface area contributed by atoms with Crippen molar-refractivity contribution in [3.63, 3.8) is 0 Å². The third kappa shape index (κ3) is 11.7. The molecule has 2 aliphatic rings. The van der Waals surface area contributed by atoms with Gasteiger partial charge in [-0.3, -0.25) is 14.4 Å². The number of aromatic nitrogens is 3. The monoisotopic (exact) mass is 919 g/mol. The summed E-state index contributed by atoms with van der Waals surface area (Å²) in [6.45, 7) is 3.84. The fourth-order valence-corrected chi connectivity index (χ4v) is 6.93. The third-order valence-electron chi connectivity index (χ3n) is 10.5. The lowest BCUT2D eigenvalue weighted by Gasteiger charge is -2.28. The molecule has 0 bridgehead atoms. The summed E-state index contributed by atoms with van der Waals surface area (Å²) in [6, 6.07) is 18.2. The summed E-state index contributed by atoms with van der Waals surface area (Å²) in [5.74, 6) is -4.06. The summed E-state index contributed by atoms with van der Waals surface area (Å²) >= 11 is 6.06. The number of hydrogen-bond acceptors (Lipinski definition) is 11. The fourth-order valence-electron chi connectivity index (χ4n) is 6.80. The van der Waals surface area contributed by atoms with E-state index in [1.165, 1.54) is 42.5 Å². The zero-order valence-corrected chi connectivity index (χ0v) is 35.2. The van der Waals surface area contributed by atoms with Crippen molar-refractivity contribution in [3.05, 3.63) is 159 Å². The zero-order chi connectivity index (χ0) is 46.5. The number of halogens is 7. The molecule has 1 atom stereocenters. The van der Waals surface area contributed by atoms with E-state index in [4.69, 9.17) is 16.3 Å². The number of Topliss-reactive ketones (excluding diaryl/α,β-unsaturated/α-hetero) is 1. The van der Waals surface area contributed by atoms with E-state index in [9.17, 15) is 40.7 Å². The molecule has 13 nitrogen and oxygen atoms in total. The Bertz CT molecular complexity index is 2660. The molecule has 65 heavy (non-hydrogen) atoms. The number of nitrogens with zero attached hydrogens (tertiary/aromatic N) is 3. The highest BCUT2D eigenvalue weighted by atomic mass is 35.5. The van der Waals surface area contributed by atoms with Crippen LogP contribution in [-0.2, 0) is 28.2 Å². The lowest BCUT2D eigenvalue weighted by atomic mass is 9.92. The van der Waals surface area contributed by atoms with Gasteiger partial charge in [0.15, 0.2) is 6.61 Å². The molecule has 0 spiro atoms. The maximum Gasteiger partial charge on any atom is 0.422 e. The Morgan fingerprint density at radius 3 is 2.18 bits per heavy atom. The van der Waals surface area contributed by atoms with E-state index in [2.05, 4.69) is 53.4 Å². The Kier molecular flexibility index (Phi) is 13.6. The van der Waals surface area contributed by atoms with Gasteiger partial charge in [0.1, 0.15) is 29.2 Å². The number of aryl methyl sites for hydroxylation is 1. The number of amides is 2. The number of ketones is 1. The maximum absolute atomic E-state index is 14.4. The van der Waals surface area contributed by atoms with Crippen LogP contribution in [0.15, 0.2) is 108 Å². The first kappa shape index (κ1) is 45.9. The van der Waals surface area contributed by atoms with Crippen LogP contribution in [0, 0.1) is 24.4 Å². The van der Waals surface area contributed by atoms with Gasteiger partial charge in [-0.15, -0.1) is 0 Å². The number of benzene rings is 4. The van der Waals surface area contributed by atoms with Crippen LogP contribution in [0.1, 0.15) is 51.9 Å². The van der Waals surface area contributed by atoms with Gasteiger partial charge in [0, 0.05) is 53.1 Å². The number of hydrogen-bond donors (Lipinski definition) is 6. The molecule has 1 aromatic heterocycles. The van der Waals surface area contributed by atoms with Crippen molar-refractivity contribution in [2.24, 2.45) is 0 Å². The average molecular weight is 920 g/mol. The lowest BCUT2D eigenvalue weighted by Crippen LogP contribution is -2.48. The summed E-state index contributed by atoms with van der Waals surface area (Å²) in [5, 5.41) is 17.9. The van der Waals surface area contributed by atoms with E-state index < -0.39 is 53.8 Å². The molecule has 4 aromatic carbocycles. The highest BCUT2D eigenvalue weighted by molar-refractivity contribution is 6.30. The summed E-state index contributed by atoms with van der Waals surface area (Å²) in [6.07, 6.45) is -3.37. The Morgan fingerprint density at radius 2 is 1.52 bits per heavy atom.